The molecule has 5 nitrogen and oxygen atoms in total. The fraction of sp³-hybridized carbons (Fsp3) is 0.579. The van der Waals surface area contributed by atoms with Crippen molar-refractivity contribution >= 4 is 11.9 Å². The molecule has 1 aromatic carbocycles. The number of rotatable bonds is 6. The lowest BCUT2D eigenvalue weighted by molar-refractivity contribution is -0.148. The second-order valence-electron chi connectivity index (χ2n) is 6.55. The van der Waals surface area contributed by atoms with E-state index in [1.165, 1.54) is 0 Å². The number of carbonyl (C=O) groups excluding carboxylic acids is 2. The van der Waals surface area contributed by atoms with Gasteiger partial charge in [0.2, 0.25) is 5.91 Å². The Hall–Kier alpha value is -2.04. The molecule has 1 amide bonds. The van der Waals surface area contributed by atoms with Crippen molar-refractivity contribution in [3.05, 3.63) is 29.8 Å². The number of piperidine rings is 1. The Morgan fingerprint density at radius 2 is 1.96 bits per heavy atom. The van der Waals surface area contributed by atoms with Gasteiger partial charge in [0.25, 0.3) is 0 Å². The first-order valence-corrected chi connectivity index (χ1v) is 8.52. The topological polar surface area (TPSA) is 55.8 Å². The summed E-state index contributed by atoms with van der Waals surface area (Å²) in [6.07, 6.45) is 2.92. The molecule has 0 bridgehead atoms. The van der Waals surface area contributed by atoms with Crippen molar-refractivity contribution in [2.45, 2.75) is 39.5 Å². The Kier molecular flexibility index (Phi) is 6.23. The van der Waals surface area contributed by atoms with Crippen molar-refractivity contribution in [3.8, 4) is 5.75 Å². The summed E-state index contributed by atoms with van der Waals surface area (Å²) in [5.74, 6) is 0.696. The van der Waals surface area contributed by atoms with E-state index < -0.39 is 0 Å². The zero-order valence-corrected chi connectivity index (χ0v) is 14.8. The Labute approximate surface area is 143 Å². The Balaban J connectivity index is 2.20. The van der Waals surface area contributed by atoms with Gasteiger partial charge in [-0.25, -0.2) is 0 Å². The summed E-state index contributed by atoms with van der Waals surface area (Å²) in [6, 6.07) is 7.91. The van der Waals surface area contributed by atoms with Crippen LogP contribution in [0.1, 0.15) is 38.7 Å². The standard InChI is InChI=1S/C19H27NO4/c1-4-24-18(22)13-19(10-5-11-20(14-19)15(2)21)12-16-6-8-17(23-3)9-7-16/h6-9H,4-5,10-14H2,1-3H3. The molecule has 1 atom stereocenters. The molecule has 0 spiro atoms. The summed E-state index contributed by atoms with van der Waals surface area (Å²) in [5, 5.41) is 0. The first-order valence-electron chi connectivity index (χ1n) is 8.52. The van der Waals surface area contributed by atoms with E-state index in [9.17, 15) is 9.59 Å². The minimum absolute atomic E-state index is 0.0673. The highest BCUT2D eigenvalue weighted by Gasteiger charge is 2.38. The molecule has 132 valence electrons. The SMILES string of the molecule is CCOC(=O)CC1(Cc2ccc(OC)cc2)CCCN(C(C)=O)C1. The second kappa shape index (κ2) is 8.18. The number of methoxy groups -OCH3 is 1. The molecule has 1 heterocycles. The first-order chi connectivity index (χ1) is 11.5. The van der Waals surface area contributed by atoms with Gasteiger partial charge in [-0.2, -0.15) is 0 Å². The Morgan fingerprint density at radius 1 is 1.25 bits per heavy atom. The number of benzene rings is 1. The molecule has 0 N–H and O–H groups in total. The molecule has 0 radical (unpaired) electrons. The summed E-state index contributed by atoms with van der Waals surface area (Å²) in [5.41, 5.74) is 0.885. The Morgan fingerprint density at radius 3 is 2.54 bits per heavy atom. The minimum Gasteiger partial charge on any atom is -0.497 e. The molecule has 0 aliphatic carbocycles. The highest BCUT2D eigenvalue weighted by Crippen LogP contribution is 2.37. The third-order valence-electron chi connectivity index (χ3n) is 4.67. The number of esters is 1. The van der Waals surface area contributed by atoms with Gasteiger partial charge in [0.1, 0.15) is 5.75 Å². The predicted octanol–water partition coefficient (Wildman–Crippen LogP) is 2.82. The summed E-state index contributed by atoms with van der Waals surface area (Å²) >= 11 is 0. The van der Waals surface area contributed by atoms with E-state index in [-0.39, 0.29) is 17.3 Å². The lowest BCUT2D eigenvalue weighted by Crippen LogP contribution is -2.47. The smallest absolute Gasteiger partial charge is 0.306 e. The maximum atomic E-state index is 12.1. The van der Waals surface area contributed by atoms with Crippen LogP contribution in [0, 0.1) is 5.41 Å². The highest BCUT2D eigenvalue weighted by molar-refractivity contribution is 5.74. The van der Waals surface area contributed by atoms with E-state index in [2.05, 4.69) is 0 Å². The van der Waals surface area contributed by atoms with Crippen LogP contribution in [0.15, 0.2) is 24.3 Å². The molecule has 1 unspecified atom stereocenters. The van der Waals surface area contributed by atoms with Crippen molar-refractivity contribution in [2.75, 3.05) is 26.8 Å². The van der Waals surface area contributed by atoms with Crippen LogP contribution in [0.2, 0.25) is 0 Å². The quantitative estimate of drug-likeness (QED) is 0.751. The predicted molar refractivity (Wildman–Crippen MR) is 91.9 cm³/mol. The van der Waals surface area contributed by atoms with Crippen LogP contribution in [-0.4, -0.2) is 43.6 Å². The second-order valence-corrected chi connectivity index (χ2v) is 6.55. The van der Waals surface area contributed by atoms with Crippen molar-refractivity contribution in [2.24, 2.45) is 5.41 Å². The van der Waals surface area contributed by atoms with E-state index in [0.717, 1.165) is 37.1 Å². The van der Waals surface area contributed by atoms with Gasteiger partial charge >= 0.3 is 5.97 Å². The molecule has 1 aliphatic rings. The minimum atomic E-state index is -0.259. The van der Waals surface area contributed by atoms with Gasteiger partial charge in [0.15, 0.2) is 0 Å². The van der Waals surface area contributed by atoms with Crippen LogP contribution in [0.4, 0.5) is 0 Å². The van der Waals surface area contributed by atoms with Crippen LogP contribution in [-0.2, 0) is 20.7 Å². The van der Waals surface area contributed by atoms with Gasteiger partial charge in [0, 0.05) is 25.4 Å². The molecular weight excluding hydrogens is 306 g/mol. The van der Waals surface area contributed by atoms with Crippen LogP contribution in [0.25, 0.3) is 0 Å². The van der Waals surface area contributed by atoms with E-state index in [4.69, 9.17) is 9.47 Å². The molecule has 0 saturated carbocycles. The number of nitrogens with zero attached hydrogens (tertiary/aromatic N) is 1. The molecule has 24 heavy (non-hydrogen) atoms. The number of hydrogen-bond acceptors (Lipinski definition) is 4. The van der Waals surface area contributed by atoms with Gasteiger partial charge in [-0.15, -0.1) is 0 Å². The largest absolute Gasteiger partial charge is 0.497 e. The van der Waals surface area contributed by atoms with E-state index in [0.29, 0.717) is 19.6 Å². The molecule has 1 saturated heterocycles. The fourth-order valence-electron chi connectivity index (χ4n) is 3.52. The highest BCUT2D eigenvalue weighted by atomic mass is 16.5. The molecule has 5 heteroatoms. The molecular formula is C19H27NO4. The van der Waals surface area contributed by atoms with E-state index in [1.807, 2.05) is 36.1 Å². The summed E-state index contributed by atoms with van der Waals surface area (Å²) in [7, 11) is 1.64. The fourth-order valence-corrected chi connectivity index (χ4v) is 3.52. The van der Waals surface area contributed by atoms with Crippen LogP contribution < -0.4 is 4.74 Å². The first kappa shape index (κ1) is 18.3. The van der Waals surface area contributed by atoms with Gasteiger partial charge in [0.05, 0.1) is 20.1 Å². The number of likely N-dealkylation sites (tertiary alicyclic amines) is 1. The van der Waals surface area contributed by atoms with Crippen molar-refractivity contribution < 1.29 is 19.1 Å². The monoisotopic (exact) mass is 333 g/mol. The summed E-state index contributed by atoms with van der Waals surface area (Å²) in [6.45, 7) is 5.16. The average Bonchev–Trinajstić information content (AvgIpc) is 2.55. The van der Waals surface area contributed by atoms with Gasteiger partial charge in [-0.05, 0) is 43.9 Å². The normalized spacial score (nSPS) is 20.5. The van der Waals surface area contributed by atoms with Crippen LogP contribution in [0.5, 0.6) is 5.75 Å². The maximum absolute atomic E-state index is 12.1. The lowest BCUT2D eigenvalue weighted by atomic mass is 9.72. The average molecular weight is 333 g/mol. The van der Waals surface area contributed by atoms with Crippen LogP contribution >= 0.6 is 0 Å². The van der Waals surface area contributed by atoms with Crippen molar-refractivity contribution in [3.63, 3.8) is 0 Å². The third-order valence-corrected chi connectivity index (χ3v) is 4.67. The van der Waals surface area contributed by atoms with Crippen molar-refractivity contribution in [1.29, 1.82) is 0 Å². The van der Waals surface area contributed by atoms with Gasteiger partial charge < -0.3 is 14.4 Å². The van der Waals surface area contributed by atoms with Crippen molar-refractivity contribution in [1.82, 2.24) is 4.90 Å². The third kappa shape index (κ3) is 4.73. The van der Waals surface area contributed by atoms with Gasteiger partial charge in [-0.3, -0.25) is 9.59 Å². The van der Waals surface area contributed by atoms with Gasteiger partial charge in [-0.1, -0.05) is 12.1 Å². The molecule has 0 aromatic heterocycles. The zero-order valence-electron chi connectivity index (χ0n) is 14.8. The van der Waals surface area contributed by atoms with E-state index >= 15 is 0 Å². The van der Waals surface area contributed by atoms with E-state index in [1.54, 1.807) is 14.0 Å². The summed E-state index contributed by atoms with van der Waals surface area (Å²) < 4.78 is 10.4. The van der Waals surface area contributed by atoms with Crippen LogP contribution in [0.3, 0.4) is 0 Å². The lowest BCUT2D eigenvalue weighted by Gasteiger charge is -2.42. The maximum Gasteiger partial charge on any atom is 0.306 e. The molecule has 1 aromatic rings. The number of amides is 1. The molecule has 2 rings (SSSR count). The number of ether oxygens (including phenoxy) is 2. The number of carbonyl (C=O) groups is 2. The summed E-state index contributed by atoms with van der Waals surface area (Å²) in [4.78, 5) is 25.8. The number of hydrogen-bond donors (Lipinski definition) is 0. The zero-order chi connectivity index (χ0) is 17.6. The molecule has 1 fully saturated rings. The molecule has 1 aliphatic heterocycles. The Bertz CT molecular complexity index is 569.